The quantitative estimate of drug-likeness (QED) is 0.790. The highest BCUT2D eigenvalue weighted by Crippen LogP contribution is 2.19. The first-order valence-electron chi connectivity index (χ1n) is 4.79. The van der Waals surface area contributed by atoms with E-state index in [0.717, 1.165) is 7.05 Å². The van der Waals surface area contributed by atoms with Gasteiger partial charge in [-0.25, -0.2) is 17.2 Å². The summed E-state index contributed by atoms with van der Waals surface area (Å²) in [4.78, 5) is 0. The molecule has 0 unspecified atom stereocenters. The van der Waals surface area contributed by atoms with Gasteiger partial charge in [-0.05, 0) is 6.92 Å². The van der Waals surface area contributed by atoms with E-state index in [1.165, 1.54) is 0 Å². The third-order valence-corrected chi connectivity index (χ3v) is 4.09. The van der Waals surface area contributed by atoms with E-state index in [1.807, 2.05) is 0 Å². The van der Waals surface area contributed by atoms with E-state index in [2.05, 4.69) is 10.2 Å². The van der Waals surface area contributed by atoms with Crippen molar-refractivity contribution in [1.29, 1.82) is 0 Å². The third-order valence-electron chi connectivity index (χ3n) is 2.29. The van der Waals surface area contributed by atoms with Gasteiger partial charge in [-0.2, -0.15) is 9.40 Å². The molecule has 0 amide bonds. The molecule has 6 nitrogen and oxygen atoms in total. The average molecular weight is 268 g/mol. The third kappa shape index (κ3) is 2.79. The molecule has 0 saturated carbocycles. The smallest absolute Gasteiger partial charge is 0.262 e. The lowest BCUT2D eigenvalue weighted by molar-refractivity contribution is 0.126. The number of halogens is 2. The summed E-state index contributed by atoms with van der Waals surface area (Å²) in [6, 6.07) is 0. The standard InChI is InChI=1S/C8H14F2N4O2S/c1-5-6(3-11)8(13-12-5)17(15,16)14(2)4-7(9)10/h7H,3-4,11H2,1-2H3,(H,12,13). The van der Waals surface area contributed by atoms with Crippen LogP contribution in [0.5, 0.6) is 0 Å². The fourth-order valence-corrected chi connectivity index (χ4v) is 2.64. The van der Waals surface area contributed by atoms with Crippen molar-refractivity contribution < 1.29 is 17.2 Å². The van der Waals surface area contributed by atoms with Gasteiger partial charge in [0, 0.05) is 24.8 Å². The van der Waals surface area contributed by atoms with Crippen molar-refractivity contribution in [3.05, 3.63) is 11.3 Å². The van der Waals surface area contributed by atoms with Crippen molar-refractivity contribution in [3.63, 3.8) is 0 Å². The number of nitrogens with two attached hydrogens (primary N) is 1. The molecule has 0 bridgehead atoms. The molecule has 1 rings (SSSR count). The van der Waals surface area contributed by atoms with Crippen molar-refractivity contribution in [3.8, 4) is 0 Å². The van der Waals surface area contributed by atoms with E-state index in [4.69, 9.17) is 5.73 Å². The highest BCUT2D eigenvalue weighted by atomic mass is 32.2. The molecular formula is C8H14F2N4O2S. The van der Waals surface area contributed by atoms with E-state index < -0.39 is 23.0 Å². The molecule has 3 N–H and O–H groups in total. The van der Waals surface area contributed by atoms with Gasteiger partial charge in [0.25, 0.3) is 16.4 Å². The lowest BCUT2D eigenvalue weighted by atomic mass is 10.3. The van der Waals surface area contributed by atoms with Crippen molar-refractivity contribution in [1.82, 2.24) is 14.5 Å². The molecule has 9 heteroatoms. The van der Waals surface area contributed by atoms with Crippen molar-refractivity contribution >= 4 is 10.0 Å². The Morgan fingerprint density at radius 3 is 2.59 bits per heavy atom. The second-order valence-electron chi connectivity index (χ2n) is 3.51. The minimum absolute atomic E-state index is 0.0284. The summed E-state index contributed by atoms with van der Waals surface area (Å²) >= 11 is 0. The van der Waals surface area contributed by atoms with E-state index in [1.54, 1.807) is 6.92 Å². The van der Waals surface area contributed by atoms with E-state index in [-0.39, 0.29) is 11.6 Å². The van der Waals surface area contributed by atoms with E-state index in [0.29, 0.717) is 15.6 Å². The lowest BCUT2D eigenvalue weighted by Crippen LogP contribution is -2.32. The Labute approximate surface area is 97.8 Å². The molecule has 0 fully saturated rings. The zero-order valence-corrected chi connectivity index (χ0v) is 10.3. The molecule has 0 aromatic carbocycles. The monoisotopic (exact) mass is 268 g/mol. The van der Waals surface area contributed by atoms with Crippen molar-refractivity contribution in [2.45, 2.75) is 24.9 Å². The number of H-pyrrole nitrogens is 1. The molecule has 0 aliphatic carbocycles. The number of aromatic nitrogens is 2. The molecule has 0 spiro atoms. The topological polar surface area (TPSA) is 92.1 Å². The Bertz CT molecular complexity index is 486. The minimum atomic E-state index is -4.02. The molecular weight excluding hydrogens is 254 g/mol. The van der Waals surface area contributed by atoms with Gasteiger partial charge in [0.15, 0.2) is 5.03 Å². The van der Waals surface area contributed by atoms with E-state index >= 15 is 0 Å². The minimum Gasteiger partial charge on any atom is -0.326 e. The molecule has 0 atom stereocenters. The summed E-state index contributed by atoms with van der Waals surface area (Å²) in [6.45, 7) is 0.707. The SMILES string of the molecule is Cc1[nH]nc(S(=O)(=O)N(C)CC(F)F)c1CN. The zero-order chi connectivity index (χ0) is 13.2. The van der Waals surface area contributed by atoms with Gasteiger partial charge >= 0.3 is 0 Å². The molecule has 17 heavy (non-hydrogen) atoms. The number of hydrogen-bond acceptors (Lipinski definition) is 4. The highest BCUT2D eigenvalue weighted by Gasteiger charge is 2.29. The molecule has 1 aromatic rings. The Hall–Kier alpha value is -1.06. The van der Waals surface area contributed by atoms with Gasteiger partial charge in [-0.3, -0.25) is 5.10 Å². The maximum atomic E-state index is 12.2. The molecule has 1 heterocycles. The molecule has 0 aliphatic heterocycles. The van der Waals surface area contributed by atoms with Crippen LogP contribution in [0.15, 0.2) is 5.03 Å². The number of nitrogens with zero attached hydrogens (tertiary/aromatic N) is 2. The summed E-state index contributed by atoms with van der Waals surface area (Å²) in [6.07, 6.45) is -2.74. The predicted molar refractivity (Wildman–Crippen MR) is 57.0 cm³/mol. The van der Waals surface area contributed by atoms with Gasteiger partial charge in [0.1, 0.15) is 0 Å². The van der Waals surface area contributed by atoms with Crippen molar-refractivity contribution in [2.24, 2.45) is 5.73 Å². The summed E-state index contributed by atoms with van der Waals surface area (Å²) in [5.74, 6) is 0. The number of rotatable bonds is 5. The Balaban J connectivity index is 3.13. The Kier molecular flexibility index (Phi) is 4.17. The largest absolute Gasteiger partial charge is 0.326 e. The summed E-state index contributed by atoms with van der Waals surface area (Å²) in [5.41, 5.74) is 6.22. The fourth-order valence-electron chi connectivity index (χ4n) is 1.32. The Morgan fingerprint density at radius 1 is 1.53 bits per heavy atom. The van der Waals surface area contributed by atoms with Crippen LogP contribution in [0.2, 0.25) is 0 Å². The lowest BCUT2D eigenvalue weighted by Gasteiger charge is -2.15. The summed E-state index contributed by atoms with van der Waals surface area (Å²) < 4.78 is 48.7. The summed E-state index contributed by atoms with van der Waals surface area (Å²) in [5, 5.41) is 5.80. The summed E-state index contributed by atoms with van der Waals surface area (Å²) in [7, 11) is -2.95. The second-order valence-corrected chi connectivity index (χ2v) is 5.47. The van der Waals surface area contributed by atoms with Crippen LogP contribution in [0.25, 0.3) is 0 Å². The first-order chi connectivity index (χ1) is 7.80. The fraction of sp³-hybridized carbons (Fsp3) is 0.625. The molecule has 1 aromatic heterocycles. The van der Waals surface area contributed by atoms with Crippen LogP contribution < -0.4 is 5.73 Å². The van der Waals surface area contributed by atoms with Gasteiger partial charge in [-0.15, -0.1) is 0 Å². The zero-order valence-electron chi connectivity index (χ0n) is 9.44. The second kappa shape index (κ2) is 5.07. The van der Waals surface area contributed by atoms with Crippen LogP contribution in [-0.2, 0) is 16.6 Å². The molecule has 0 aliphatic rings. The molecule has 0 saturated heterocycles. The average Bonchev–Trinajstić information content (AvgIpc) is 2.58. The normalized spacial score (nSPS) is 12.6. The maximum absolute atomic E-state index is 12.2. The maximum Gasteiger partial charge on any atom is 0.262 e. The van der Waals surface area contributed by atoms with Gasteiger partial charge in [0.05, 0.1) is 6.54 Å². The van der Waals surface area contributed by atoms with Crippen molar-refractivity contribution in [2.75, 3.05) is 13.6 Å². The van der Waals surface area contributed by atoms with Gasteiger partial charge in [0.2, 0.25) is 0 Å². The van der Waals surface area contributed by atoms with Crippen LogP contribution in [-0.4, -0.2) is 42.9 Å². The Morgan fingerprint density at radius 2 is 2.12 bits per heavy atom. The van der Waals surface area contributed by atoms with Crippen LogP contribution in [0.3, 0.4) is 0 Å². The highest BCUT2D eigenvalue weighted by molar-refractivity contribution is 7.89. The number of alkyl halides is 2. The number of hydrogen-bond donors (Lipinski definition) is 2. The molecule has 98 valence electrons. The van der Waals surface area contributed by atoms with Crippen LogP contribution in [0.1, 0.15) is 11.3 Å². The van der Waals surface area contributed by atoms with Crippen LogP contribution in [0.4, 0.5) is 8.78 Å². The van der Waals surface area contributed by atoms with Crippen LogP contribution >= 0.6 is 0 Å². The molecule has 0 radical (unpaired) electrons. The van der Waals surface area contributed by atoms with Gasteiger partial charge < -0.3 is 5.73 Å². The van der Waals surface area contributed by atoms with E-state index in [9.17, 15) is 17.2 Å². The number of aryl methyl sites for hydroxylation is 1. The first kappa shape index (κ1) is 14.0. The predicted octanol–water partition coefficient (Wildman–Crippen LogP) is 0.0624. The number of nitrogens with one attached hydrogen (secondary N) is 1. The number of aromatic amines is 1. The van der Waals surface area contributed by atoms with Crippen LogP contribution in [0, 0.1) is 6.92 Å². The first-order valence-corrected chi connectivity index (χ1v) is 6.23. The van der Waals surface area contributed by atoms with Gasteiger partial charge in [-0.1, -0.05) is 0 Å². The number of sulfonamides is 1.